The first-order valence-corrected chi connectivity index (χ1v) is 22.7. The lowest BCUT2D eigenvalue weighted by Crippen LogP contribution is -2.61. The van der Waals surface area contributed by atoms with E-state index in [0.29, 0.717) is 0 Å². The average molecular weight is 808 g/mol. The summed E-state index contributed by atoms with van der Waals surface area (Å²) < 4.78 is 2.57. The zero-order valence-electron chi connectivity index (χ0n) is 38.6. The Bertz CT molecular complexity index is 3050. The Kier molecular flexibility index (Phi) is 8.02. The summed E-state index contributed by atoms with van der Waals surface area (Å²) >= 11 is 0. The third-order valence-corrected chi connectivity index (χ3v) is 14.1. The van der Waals surface area contributed by atoms with Gasteiger partial charge in [0.2, 0.25) is 0 Å². The second-order valence-electron chi connectivity index (χ2n) is 22.3. The lowest BCUT2D eigenvalue weighted by atomic mass is 9.33. The molecule has 11 rings (SSSR count). The zero-order chi connectivity index (χ0) is 43.4. The summed E-state index contributed by atoms with van der Waals surface area (Å²) in [5.41, 5.74) is 20.7. The van der Waals surface area contributed by atoms with Gasteiger partial charge in [-0.25, -0.2) is 0 Å². The number of aromatic nitrogens is 1. The Labute approximate surface area is 368 Å². The topological polar surface area (TPSA) is 10.9 Å². The number of benzene rings is 7. The normalized spacial score (nSPS) is 14.4. The highest BCUT2D eigenvalue weighted by Gasteiger charge is 2.47. The summed E-state index contributed by atoms with van der Waals surface area (Å²) in [4.78, 5) is 5.28. The minimum Gasteiger partial charge on any atom is -0.311 e. The molecule has 3 nitrogen and oxygen atoms in total. The summed E-state index contributed by atoms with van der Waals surface area (Å²) in [6, 6.07) is 51.9. The molecule has 2 aliphatic heterocycles. The van der Waals surface area contributed by atoms with Crippen molar-refractivity contribution in [2.45, 2.75) is 105 Å². The summed E-state index contributed by atoms with van der Waals surface area (Å²) in [6.45, 7) is 28.0. The van der Waals surface area contributed by atoms with E-state index in [1.807, 2.05) is 0 Å². The van der Waals surface area contributed by atoms with Crippen LogP contribution < -0.4 is 26.2 Å². The SMILES string of the molecule is CC(C)(C)c1ccc(N2c3ccc(C(C)(C)C)cc3B3c4cc(C(C)(C)C)ccc4N(c4ccc(C(C)(C)C)cc4)c4c3c2c2c3ccccc3n3c5ccccc5c4c23)cc1. The van der Waals surface area contributed by atoms with Gasteiger partial charge in [-0.05, 0) is 109 Å². The molecule has 2 aliphatic rings. The molecule has 2 aromatic heterocycles. The molecule has 0 saturated heterocycles. The first-order chi connectivity index (χ1) is 29.3. The lowest BCUT2D eigenvalue weighted by molar-refractivity contribution is 0.590. The van der Waals surface area contributed by atoms with E-state index in [1.165, 1.54) is 111 Å². The van der Waals surface area contributed by atoms with Crippen LogP contribution in [-0.2, 0) is 21.7 Å². The minimum absolute atomic E-state index is 0.0136. The Morgan fingerprint density at radius 1 is 0.387 bits per heavy atom. The van der Waals surface area contributed by atoms with Crippen LogP contribution >= 0.6 is 0 Å². The van der Waals surface area contributed by atoms with Crippen molar-refractivity contribution in [1.82, 2.24) is 4.40 Å². The maximum absolute atomic E-state index is 2.64. The summed E-state index contributed by atoms with van der Waals surface area (Å²) in [6.07, 6.45) is 0. The van der Waals surface area contributed by atoms with Crippen molar-refractivity contribution in [2.24, 2.45) is 0 Å². The van der Waals surface area contributed by atoms with Crippen molar-refractivity contribution >= 4 is 95.3 Å². The molecule has 4 heteroatoms. The van der Waals surface area contributed by atoms with Crippen LogP contribution in [0.25, 0.3) is 38.1 Å². The third kappa shape index (κ3) is 5.51. The molecule has 4 heterocycles. The molecule has 0 saturated carbocycles. The van der Waals surface area contributed by atoms with E-state index in [4.69, 9.17) is 0 Å². The Balaban J connectivity index is 1.39. The smallest absolute Gasteiger partial charge is 0.252 e. The molecule has 0 spiro atoms. The molecule has 0 radical (unpaired) electrons. The van der Waals surface area contributed by atoms with Crippen molar-refractivity contribution in [3.63, 3.8) is 0 Å². The second kappa shape index (κ2) is 12.8. The molecule has 308 valence electrons. The highest BCUT2D eigenvalue weighted by atomic mass is 15.2. The fraction of sp³-hybridized carbons (Fsp3) is 0.276. The van der Waals surface area contributed by atoms with Crippen molar-refractivity contribution in [2.75, 3.05) is 9.80 Å². The fourth-order valence-electron chi connectivity index (χ4n) is 10.7. The van der Waals surface area contributed by atoms with E-state index in [0.717, 1.165) is 0 Å². The van der Waals surface area contributed by atoms with Gasteiger partial charge in [-0.3, -0.25) is 0 Å². The summed E-state index contributed by atoms with van der Waals surface area (Å²) in [5, 5.41) is 5.21. The number of hydrogen-bond acceptors (Lipinski definition) is 2. The van der Waals surface area contributed by atoms with E-state index < -0.39 is 0 Å². The maximum Gasteiger partial charge on any atom is 0.252 e. The first kappa shape index (κ1) is 38.9. The van der Waals surface area contributed by atoms with Gasteiger partial charge in [0.15, 0.2) is 0 Å². The number of rotatable bonds is 2. The van der Waals surface area contributed by atoms with Crippen molar-refractivity contribution in [3.8, 4) is 0 Å². The molecule has 0 fully saturated rings. The Morgan fingerprint density at radius 3 is 1.11 bits per heavy atom. The first-order valence-electron chi connectivity index (χ1n) is 22.7. The van der Waals surface area contributed by atoms with E-state index >= 15 is 0 Å². The van der Waals surface area contributed by atoms with Crippen LogP contribution in [0, 0.1) is 0 Å². The largest absolute Gasteiger partial charge is 0.311 e. The molecule has 0 N–H and O–H groups in total. The van der Waals surface area contributed by atoms with Gasteiger partial charge >= 0.3 is 0 Å². The standard InChI is InChI=1S/C58H58BN3/c1-55(2,3)35-21-27-39(28-22-35)60-47-31-25-37(57(7,8)9)33-43(47)59-44-34-38(58(10,11)12)26-32-48(44)61(40-29-23-36(24-30-40)56(4,5)6)54-50-42-18-14-16-20-46(42)62-45-19-15-13-17-41(45)49(52(50)62)53(60)51(54)59/h13-34H,1-12H3. The van der Waals surface area contributed by atoms with Gasteiger partial charge < -0.3 is 14.2 Å². The van der Waals surface area contributed by atoms with Crippen LogP contribution in [0.5, 0.6) is 0 Å². The van der Waals surface area contributed by atoms with Gasteiger partial charge in [-0.1, -0.05) is 168 Å². The van der Waals surface area contributed by atoms with Crippen LogP contribution in [0.15, 0.2) is 133 Å². The predicted octanol–water partition coefficient (Wildman–Crippen LogP) is 14.1. The van der Waals surface area contributed by atoms with E-state index in [2.05, 4.69) is 231 Å². The Hall–Kier alpha value is -6.00. The Morgan fingerprint density at radius 2 is 0.742 bits per heavy atom. The lowest BCUT2D eigenvalue weighted by Gasteiger charge is -2.45. The molecule has 0 amide bonds. The second-order valence-corrected chi connectivity index (χ2v) is 22.3. The van der Waals surface area contributed by atoms with Gasteiger partial charge in [0.05, 0.1) is 27.9 Å². The zero-order valence-corrected chi connectivity index (χ0v) is 38.6. The average Bonchev–Trinajstić information content (AvgIpc) is 3.75. The third-order valence-electron chi connectivity index (χ3n) is 14.1. The molecule has 0 atom stereocenters. The minimum atomic E-state index is -0.0344. The highest BCUT2D eigenvalue weighted by Crippen LogP contribution is 2.55. The molecular formula is C58H58BN3. The van der Waals surface area contributed by atoms with E-state index in [1.54, 1.807) is 0 Å². The number of fused-ring (bicyclic) bond motifs is 12. The molecule has 7 aromatic carbocycles. The number of para-hydroxylation sites is 2. The molecule has 62 heavy (non-hydrogen) atoms. The van der Waals surface area contributed by atoms with Gasteiger partial charge in [0.25, 0.3) is 6.71 Å². The summed E-state index contributed by atoms with van der Waals surface area (Å²) in [7, 11) is 0. The van der Waals surface area contributed by atoms with Crippen molar-refractivity contribution in [1.29, 1.82) is 0 Å². The number of hydrogen-bond donors (Lipinski definition) is 0. The van der Waals surface area contributed by atoms with Gasteiger partial charge in [-0.15, -0.1) is 0 Å². The van der Waals surface area contributed by atoms with Gasteiger partial charge in [0, 0.05) is 44.3 Å². The molecule has 0 aliphatic carbocycles. The monoisotopic (exact) mass is 807 g/mol. The van der Waals surface area contributed by atoms with Crippen LogP contribution in [-0.4, -0.2) is 11.1 Å². The quantitative estimate of drug-likeness (QED) is 0.161. The van der Waals surface area contributed by atoms with Crippen LogP contribution in [0.2, 0.25) is 0 Å². The van der Waals surface area contributed by atoms with Crippen LogP contribution in [0.3, 0.4) is 0 Å². The summed E-state index contributed by atoms with van der Waals surface area (Å²) in [5.74, 6) is 0. The highest BCUT2D eigenvalue weighted by molar-refractivity contribution is 7.01. The molecular weight excluding hydrogens is 749 g/mol. The fourth-order valence-corrected chi connectivity index (χ4v) is 10.7. The number of anilines is 6. The molecule has 0 unspecified atom stereocenters. The van der Waals surface area contributed by atoms with Crippen molar-refractivity contribution in [3.05, 3.63) is 156 Å². The van der Waals surface area contributed by atoms with Crippen LogP contribution in [0.4, 0.5) is 34.1 Å². The van der Waals surface area contributed by atoms with E-state index in [-0.39, 0.29) is 28.4 Å². The van der Waals surface area contributed by atoms with Crippen LogP contribution in [0.1, 0.15) is 105 Å². The number of nitrogens with zero attached hydrogens (tertiary/aromatic N) is 3. The predicted molar refractivity (Wildman–Crippen MR) is 270 cm³/mol. The molecule has 9 aromatic rings. The molecule has 0 bridgehead atoms. The van der Waals surface area contributed by atoms with Gasteiger partial charge in [0.1, 0.15) is 0 Å². The van der Waals surface area contributed by atoms with Gasteiger partial charge in [-0.2, -0.15) is 0 Å². The van der Waals surface area contributed by atoms with E-state index in [9.17, 15) is 0 Å². The maximum atomic E-state index is 2.64. The van der Waals surface area contributed by atoms with Crippen molar-refractivity contribution < 1.29 is 0 Å².